The third kappa shape index (κ3) is 18.8. The number of thiophene rings is 1. The van der Waals surface area contributed by atoms with Crippen molar-refractivity contribution in [3.63, 3.8) is 0 Å². The van der Waals surface area contributed by atoms with E-state index in [1.54, 1.807) is 64.4 Å². The number of aromatic amines is 1. The summed E-state index contributed by atoms with van der Waals surface area (Å²) in [6.07, 6.45) is 16.3. The number of sulfonamides is 1. The number of benzene rings is 4. The minimum atomic E-state index is -3.76. The summed E-state index contributed by atoms with van der Waals surface area (Å²) in [5.74, 6) is 2.36. The molecule has 0 saturated heterocycles. The number of thioether (sulfide) groups is 1. The smallest absolute Gasteiger partial charge is 0.283 e. The molecule has 0 atom stereocenters. The Morgan fingerprint density at radius 2 is 1.52 bits per heavy atom. The Morgan fingerprint density at radius 1 is 0.791 bits per heavy atom. The van der Waals surface area contributed by atoms with Crippen LogP contribution in [0.25, 0.3) is 38.9 Å². The van der Waals surface area contributed by atoms with E-state index in [-0.39, 0.29) is 15.9 Å². The molecule has 0 spiro atoms. The number of nitrogens with zero attached hydrogens (tertiary/aromatic N) is 14. The van der Waals surface area contributed by atoms with E-state index in [0.29, 0.717) is 68.9 Å². The summed E-state index contributed by atoms with van der Waals surface area (Å²) in [4.78, 5) is 30.9. The van der Waals surface area contributed by atoms with Gasteiger partial charge < -0.3 is 9.73 Å². The largest absolute Gasteiger partial charge is 0.411 e. The summed E-state index contributed by atoms with van der Waals surface area (Å²) >= 11 is 11.3. The zero-order valence-corrected chi connectivity index (χ0v) is 55.4. The zero-order valence-electron chi connectivity index (χ0n) is 50.5. The monoisotopic (exact) mass is 1330 g/mol. The van der Waals surface area contributed by atoms with Gasteiger partial charge in [0, 0.05) is 48.4 Å². The predicted octanol–water partition coefficient (Wildman–Crippen LogP) is 15.0. The number of amides is 1. The maximum atomic E-state index is 12.6. The van der Waals surface area contributed by atoms with E-state index in [9.17, 15) is 13.2 Å². The number of aromatic nitrogens is 15. The van der Waals surface area contributed by atoms with E-state index >= 15 is 0 Å². The van der Waals surface area contributed by atoms with Crippen LogP contribution in [0, 0.1) is 17.6 Å². The van der Waals surface area contributed by atoms with Gasteiger partial charge in [-0.05, 0) is 114 Å². The lowest BCUT2D eigenvalue weighted by molar-refractivity contribution is -0.116. The van der Waals surface area contributed by atoms with Crippen molar-refractivity contribution in [3.05, 3.63) is 196 Å². The first-order valence-electron chi connectivity index (χ1n) is 29.6. The van der Waals surface area contributed by atoms with Gasteiger partial charge in [0.1, 0.15) is 22.2 Å². The molecule has 3 N–H and O–H groups in total. The second kappa shape index (κ2) is 32.4. The van der Waals surface area contributed by atoms with Crippen molar-refractivity contribution in [2.24, 2.45) is 5.92 Å². The first-order valence-corrected chi connectivity index (χ1v) is 35.0. The highest BCUT2D eigenvalue weighted by atomic mass is 32.2. The van der Waals surface area contributed by atoms with Crippen LogP contribution in [-0.4, -0.2) is 89.0 Å². The zero-order chi connectivity index (χ0) is 63.4. The molecule has 91 heavy (non-hydrogen) atoms. The van der Waals surface area contributed by atoms with E-state index in [2.05, 4.69) is 163 Å². The van der Waals surface area contributed by atoms with Gasteiger partial charge in [-0.1, -0.05) is 172 Å². The molecule has 0 saturated carbocycles. The van der Waals surface area contributed by atoms with Crippen LogP contribution >= 0.6 is 58.4 Å². The molecule has 12 rings (SSSR count). The number of pyridine rings is 1. The Hall–Kier alpha value is -8.60. The number of unbranched alkanes of at least 4 members (excludes halogenated alkanes) is 6. The van der Waals surface area contributed by atoms with Crippen molar-refractivity contribution in [1.29, 1.82) is 0 Å². The summed E-state index contributed by atoms with van der Waals surface area (Å²) in [7, 11) is -3.76. The van der Waals surface area contributed by atoms with Crippen LogP contribution in [0.4, 0.5) is 10.8 Å². The fourth-order valence-electron chi connectivity index (χ4n) is 9.15. The van der Waals surface area contributed by atoms with Gasteiger partial charge in [0.05, 0.1) is 34.3 Å². The van der Waals surface area contributed by atoms with Crippen LogP contribution in [0.5, 0.6) is 0 Å². The normalized spacial score (nSPS) is 11.3. The summed E-state index contributed by atoms with van der Waals surface area (Å²) < 4.78 is 39.9. The Morgan fingerprint density at radius 3 is 2.23 bits per heavy atom. The number of hydrogen-bond donors (Lipinski definition) is 3. The van der Waals surface area contributed by atoms with E-state index in [1.807, 2.05) is 48.5 Å². The van der Waals surface area contributed by atoms with Crippen LogP contribution in [0.15, 0.2) is 188 Å². The summed E-state index contributed by atoms with van der Waals surface area (Å²) in [6.45, 7) is 9.70. The van der Waals surface area contributed by atoms with Crippen molar-refractivity contribution >= 4 is 96.3 Å². The van der Waals surface area contributed by atoms with Crippen LogP contribution in [0.3, 0.4) is 0 Å². The maximum absolute atomic E-state index is 12.6. The van der Waals surface area contributed by atoms with E-state index in [1.165, 1.54) is 84.8 Å². The van der Waals surface area contributed by atoms with Gasteiger partial charge in [-0.25, -0.2) is 28.1 Å². The van der Waals surface area contributed by atoms with Gasteiger partial charge in [-0.2, -0.15) is 5.10 Å². The number of aryl methyl sites for hydroxylation is 1. The number of H-pyrrole nitrogens is 1. The highest BCUT2D eigenvalue weighted by molar-refractivity contribution is 7.99. The Kier molecular flexibility index (Phi) is 23.3. The maximum Gasteiger partial charge on any atom is 0.283 e. The summed E-state index contributed by atoms with van der Waals surface area (Å²) in [5, 5.41) is 39.9. The van der Waals surface area contributed by atoms with Crippen molar-refractivity contribution in [3.8, 4) is 27.7 Å². The lowest BCUT2D eigenvalue weighted by atomic mass is 10.1. The molecule has 8 aromatic heterocycles. The average Bonchev–Trinajstić information content (AvgIpc) is 2.06. The van der Waals surface area contributed by atoms with Crippen LogP contribution < -0.4 is 10.0 Å². The standard InChI is InChI=1S/C24H21N5S3.C22H34N4O3S2.C18H12N8OS/c1-17-9-11-19(12-10-17)28-15-20(21-8-5-13-31-21)25-24(28)32-16-22-26-27-23(30)29(22)14-18-6-3-2-4-7-18;1-4-5-6-7-8-9-10-11-20(27)23-18-12-14-19(15-13-18)31(28,29)26-22-25-24-21(30-22)16-17(2)3;1-2-4-12(5-3-1)10-26-15-14(22-25-26)17(21-11-20-15)28-18-24-23-16(27-18)13-6-8-19-9-7-13/h2-13,15H,14,16H2,1H3,(H,27,30);12-15,17H,4-11,16H2,1-3H3,(H,23,27)(H,25,26);1-9,11H,10H2. The predicted molar refractivity (Wildman–Crippen MR) is 361 cm³/mol. The molecule has 0 unspecified atom stereocenters. The van der Waals surface area contributed by atoms with Gasteiger partial charge in [-0.3, -0.25) is 28.7 Å². The molecule has 0 aliphatic heterocycles. The summed E-state index contributed by atoms with van der Waals surface area (Å²) in [6, 6.07) is 42.7. The number of anilines is 2. The molecule has 21 nitrogen and oxygen atoms in total. The highest BCUT2D eigenvalue weighted by Gasteiger charge is 2.20. The molecule has 0 bridgehead atoms. The number of fused-ring (bicyclic) bond motifs is 1. The average molecular weight is 1330 g/mol. The van der Waals surface area contributed by atoms with Gasteiger partial charge in [0.15, 0.2) is 21.1 Å². The van der Waals surface area contributed by atoms with Gasteiger partial charge in [-0.15, -0.1) is 36.8 Å². The van der Waals surface area contributed by atoms with Crippen LogP contribution in [0.1, 0.15) is 99.7 Å². The third-order valence-electron chi connectivity index (χ3n) is 13.8. The molecule has 27 heteroatoms. The molecule has 0 fully saturated rings. The second-order valence-electron chi connectivity index (χ2n) is 21.3. The topological polar surface area (TPSA) is 261 Å². The fourth-order valence-corrected chi connectivity index (χ4v) is 13.9. The third-order valence-corrected chi connectivity index (χ3v) is 19.1. The number of imidazole rings is 1. The fraction of sp³-hybridized carbons (Fsp3) is 0.266. The lowest BCUT2D eigenvalue weighted by Gasteiger charge is -2.09. The van der Waals surface area contributed by atoms with E-state index in [0.717, 1.165) is 62.6 Å². The quantitative estimate of drug-likeness (QED) is 0.0197. The molecule has 468 valence electrons. The molecular weight excluding hydrogens is 1260 g/mol. The van der Waals surface area contributed by atoms with Crippen molar-refractivity contribution in [1.82, 2.24) is 74.7 Å². The number of carbonyl (C=O) groups excluding carboxylic acids is 1. The van der Waals surface area contributed by atoms with Gasteiger partial charge >= 0.3 is 0 Å². The second-order valence-corrected chi connectivity index (χ2v) is 27.3. The van der Waals surface area contributed by atoms with E-state index in [4.69, 9.17) is 21.6 Å². The van der Waals surface area contributed by atoms with Gasteiger partial charge in [0.25, 0.3) is 15.2 Å². The minimum Gasteiger partial charge on any atom is -0.411 e. The number of rotatable bonds is 26. The number of hydrogen-bond acceptors (Lipinski definition) is 20. The van der Waals surface area contributed by atoms with Crippen LogP contribution in [-0.2, 0) is 40.1 Å². The molecule has 0 aliphatic carbocycles. The van der Waals surface area contributed by atoms with Crippen molar-refractivity contribution in [2.45, 2.75) is 125 Å². The van der Waals surface area contributed by atoms with E-state index < -0.39 is 10.0 Å². The number of nitrogens with one attached hydrogen (secondary N) is 3. The molecule has 4 aromatic carbocycles. The van der Waals surface area contributed by atoms with Crippen molar-refractivity contribution in [2.75, 3.05) is 10.0 Å². The molecular formula is C64H67N17O4S6. The molecule has 8 heterocycles. The highest BCUT2D eigenvalue weighted by Crippen LogP contribution is 2.33. The first kappa shape index (κ1) is 65.4. The Bertz CT molecular complexity index is 4380. The first-order chi connectivity index (χ1) is 44.3. The Labute approximate surface area is 549 Å². The molecule has 0 aliphatic rings. The van der Waals surface area contributed by atoms with Gasteiger partial charge in [0.2, 0.25) is 16.9 Å². The number of carbonyl (C=O) groups is 1. The lowest BCUT2D eigenvalue weighted by Crippen LogP contribution is -2.14. The van der Waals surface area contributed by atoms with Crippen molar-refractivity contribution < 1.29 is 17.6 Å². The minimum absolute atomic E-state index is 0.0474. The Balaban J connectivity index is 0.000000150. The molecule has 12 aromatic rings. The summed E-state index contributed by atoms with van der Waals surface area (Å²) in [5.41, 5.74) is 8.24. The molecule has 0 radical (unpaired) electrons. The SMILES string of the molecule is CCCCCCCCCC(=O)Nc1ccc(S(=O)(=O)Nc2nnc(CC(C)C)s2)cc1.Cc1ccc(-n2cc(-c3cccs3)nc2SCc2n[nH]c(=S)n2Cc2ccccc2)cc1.c1ccc(Cn2nnc3c(Sc4nnc(-c5ccncc5)o4)ncnc32)cc1. The van der Waals surface area contributed by atoms with Crippen LogP contribution in [0.2, 0.25) is 0 Å². The molecule has 1 amide bonds.